The molecule has 1 rings (SSSR count). The van der Waals surface area contributed by atoms with Crippen molar-refractivity contribution in [2.45, 2.75) is 44.9 Å². The van der Waals surface area contributed by atoms with Crippen molar-refractivity contribution in [2.24, 2.45) is 5.92 Å². The molecule has 6 nitrogen and oxygen atoms in total. The number of hydrogen-bond donors (Lipinski definition) is 3. The summed E-state index contributed by atoms with van der Waals surface area (Å²) in [5.74, 6) is -0.610. The number of carboxylic acids is 1. The summed E-state index contributed by atoms with van der Waals surface area (Å²) in [5.41, 5.74) is 0. The molecule has 0 aromatic carbocycles. The second-order valence-corrected chi connectivity index (χ2v) is 4.87. The second kappa shape index (κ2) is 8.50. The maximum absolute atomic E-state index is 11.3. The number of carboxylic acid groups (broad SMARTS) is 1. The summed E-state index contributed by atoms with van der Waals surface area (Å²) in [4.78, 5) is 32.8. The normalized spacial score (nSPS) is 13.9. The molecule has 0 unspecified atom stereocenters. The van der Waals surface area contributed by atoms with Crippen molar-refractivity contribution in [2.75, 3.05) is 13.1 Å². The Labute approximate surface area is 112 Å². The lowest BCUT2D eigenvalue weighted by Crippen LogP contribution is -2.26. The van der Waals surface area contributed by atoms with Crippen molar-refractivity contribution in [3.05, 3.63) is 0 Å². The van der Waals surface area contributed by atoms with Crippen LogP contribution in [0.2, 0.25) is 0 Å². The lowest BCUT2D eigenvalue weighted by molar-refractivity contribution is -0.137. The molecule has 1 fully saturated rings. The first-order valence-electron chi connectivity index (χ1n) is 6.86. The van der Waals surface area contributed by atoms with Crippen LogP contribution in [0.15, 0.2) is 0 Å². The van der Waals surface area contributed by atoms with E-state index < -0.39 is 5.97 Å². The Hall–Kier alpha value is -1.59. The molecule has 0 aromatic rings. The van der Waals surface area contributed by atoms with Gasteiger partial charge >= 0.3 is 5.97 Å². The number of amides is 2. The van der Waals surface area contributed by atoms with Gasteiger partial charge in [0.25, 0.3) is 0 Å². The molecule has 108 valence electrons. The highest BCUT2D eigenvalue weighted by atomic mass is 16.4. The molecule has 3 N–H and O–H groups in total. The number of carbonyl (C=O) groups is 3. The third kappa shape index (κ3) is 8.18. The molecule has 2 amide bonds. The van der Waals surface area contributed by atoms with Crippen LogP contribution in [0.5, 0.6) is 0 Å². The van der Waals surface area contributed by atoms with Crippen LogP contribution in [-0.4, -0.2) is 36.0 Å². The van der Waals surface area contributed by atoms with Crippen molar-refractivity contribution in [1.82, 2.24) is 10.6 Å². The molecule has 0 saturated heterocycles. The summed E-state index contributed by atoms with van der Waals surface area (Å²) in [6, 6.07) is 0. The number of carbonyl (C=O) groups excluding carboxylic acids is 2. The molecule has 0 atom stereocenters. The van der Waals surface area contributed by atoms with Crippen molar-refractivity contribution in [1.29, 1.82) is 0 Å². The van der Waals surface area contributed by atoms with Crippen LogP contribution in [0.4, 0.5) is 0 Å². The van der Waals surface area contributed by atoms with E-state index in [1.54, 1.807) is 0 Å². The Morgan fingerprint density at radius 2 is 1.68 bits per heavy atom. The van der Waals surface area contributed by atoms with Gasteiger partial charge < -0.3 is 15.7 Å². The Morgan fingerprint density at radius 1 is 0.947 bits per heavy atom. The average Bonchev–Trinajstić information content (AvgIpc) is 3.16. The molecule has 0 radical (unpaired) electrons. The molecule has 1 aliphatic carbocycles. The van der Waals surface area contributed by atoms with Crippen LogP contribution in [-0.2, 0) is 14.4 Å². The minimum atomic E-state index is -0.910. The molecular formula is C13H22N2O4. The summed E-state index contributed by atoms with van der Waals surface area (Å²) in [6.07, 6.45) is 4.93. The number of unbranched alkanes of at least 4 members (excludes halogenated alkanes) is 2. The monoisotopic (exact) mass is 270 g/mol. The third-order valence-corrected chi connectivity index (χ3v) is 2.99. The van der Waals surface area contributed by atoms with Crippen molar-refractivity contribution in [3.8, 4) is 0 Å². The van der Waals surface area contributed by atoms with E-state index >= 15 is 0 Å². The molecule has 0 aliphatic heterocycles. The van der Waals surface area contributed by atoms with Gasteiger partial charge in [-0.3, -0.25) is 14.4 Å². The molecule has 0 aromatic heterocycles. The van der Waals surface area contributed by atoms with Gasteiger partial charge in [0.15, 0.2) is 0 Å². The van der Waals surface area contributed by atoms with Crippen molar-refractivity contribution < 1.29 is 19.5 Å². The van der Waals surface area contributed by atoms with Crippen LogP contribution in [0.25, 0.3) is 0 Å². The van der Waals surface area contributed by atoms with E-state index in [9.17, 15) is 14.4 Å². The summed E-state index contributed by atoms with van der Waals surface area (Å²) in [7, 11) is 0. The zero-order chi connectivity index (χ0) is 14.1. The summed E-state index contributed by atoms with van der Waals surface area (Å²) in [5, 5.41) is 13.8. The van der Waals surface area contributed by atoms with Crippen LogP contribution < -0.4 is 10.6 Å². The number of nitrogens with one attached hydrogen (secondary N) is 2. The van der Waals surface area contributed by atoms with E-state index in [4.69, 9.17) is 5.11 Å². The van der Waals surface area contributed by atoms with Gasteiger partial charge in [-0.15, -0.1) is 0 Å². The highest BCUT2D eigenvalue weighted by Gasteiger charge is 2.28. The number of rotatable bonds is 10. The minimum absolute atomic E-state index is 0.0427. The van der Waals surface area contributed by atoms with Crippen LogP contribution in [0.3, 0.4) is 0 Å². The van der Waals surface area contributed by atoms with Gasteiger partial charge in [-0.1, -0.05) is 6.42 Å². The van der Waals surface area contributed by atoms with E-state index in [2.05, 4.69) is 10.6 Å². The topological polar surface area (TPSA) is 95.5 Å². The fourth-order valence-electron chi connectivity index (χ4n) is 1.69. The number of aliphatic carboxylic acids is 1. The molecule has 0 bridgehead atoms. The fourth-order valence-corrected chi connectivity index (χ4v) is 1.69. The highest BCUT2D eigenvalue weighted by Crippen LogP contribution is 2.28. The molecule has 19 heavy (non-hydrogen) atoms. The van der Waals surface area contributed by atoms with E-state index in [0.717, 1.165) is 32.1 Å². The van der Waals surface area contributed by atoms with Gasteiger partial charge in [-0.2, -0.15) is 0 Å². The SMILES string of the molecule is O=C(O)CCNC(=O)CCCCCNC(=O)C1CC1. The second-order valence-electron chi connectivity index (χ2n) is 4.87. The Morgan fingerprint density at radius 3 is 2.32 bits per heavy atom. The van der Waals surface area contributed by atoms with Crippen LogP contribution >= 0.6 is 0 Å². The van der Waals surface area contributed by atoms with Gasteiger partial charge in [0, 0.05) is 25.4 Å². The van der Waals surface area contributed by atoms with E-state index in [1.165, 1.54) is 0 Å². The van der Waals surface area contributed by atoms with Crippen molar-refractivity contribution in [3.63, 3.8) is 0 Å². The summed E-state index contributed by atoms with van der Waals surface area (Å²) in [6.45, 7) is 0.863. The van der Waals surface area contributed by atoms with Gasteiger partial charge in [0.1, 0.15) is 0 Å². The van der Waals surface area contributed by atoms with Gasteiger partial charge in [0.2, 0.25) is 11.8 Å². The average molecular weight is 270 g/mol. The quantitative estimate of drug-likeness (QED) is 0.508. The first-order chi connectivity index (χ1) is 9.09. The largest absolute Gasteiger partial charge is 0.481 e. The molecular weight excluding hydrogens is 248 g/mol. The Kier molecular flexibility index (Phi) is 6.92. The summed E-state index contributed by atoms with van der Waals surface area (Å²) >= 11 is 0. The van der Waals surface area contributed by atoms with Gasteiger partial charge in [0.05, 0.1) is 6.42 Å². The van der Waals surface area contributed by atoms with Gasteiger partial charge in [-0.05, 0) is 25.7 Å². The zero-order valence-corrected chi connectivity index (χ0v) is 11.1. The molecule has 1 saturated carbocycles. The van der Waals surface area contributed by atoms with Crippen molar-refractivity contribution >= 4 is 17.8 Å². The molecule has 0 spiro atoms. The smallest absolute Gasteiger partial charge is 0.305 e. The zero-order valence-electron chi connectivity index (χ0n) is 11.1. The highest BCUT2D eigenvalue weighted by molar-refractivity contribution is 5.80. The van der Waals surface area contributed by atoms with E-state index in [1.807, 2.05) is 0 Å². The predicted octanol–water partition coefficient (Wildman–Crippen LogP) is 0.664. The fraction of sp³-hybridized carbons (Fsp3) is 0.769. The summed E-state index contributed by atoms with van der Waals surface area (Å²) < 4.78 is 0. The standard InChI is InChI=1S/C13H22N2O4/c16-11(14-9-7-12(17)18)4-2-1-3-8-15-13(19)10-5-6-10/h10H,1-9H2,(H,14,16)(H,15,19)(H,17,18). The van der Waals surface area contributed by atoms with Crippen LogP contribution in [0, 0.1) is 5.92 Å². The first kappa shape index (κ1) is 15.5. The molecule has 0 heterocycles. The van der Waals surface area contributed by atoms with E-state index in [0.29, 0.717) is 13.0 Å². The maximum Gasteiger partial charge on any atom is 0.305 e. The van der Waals surface area contributed by atoms with Gasteiger partial charge in [-0.25, -0.2) is 0 Å². The molecule has 6 heteroatoms. The first-order valence-corrected chi connectivity index (χ1v) is 6.86. The third-order valence-electron chi connectivity index (χ3n) is 2.99. The molecule has 1 aliphatic rings. The minimum Gasteiger partial charge on any atom is -0.481 e. The number of hydrogen-bond acceptors (Lipinski definition) is 3. The van der Waals surface area contributed by atoms with Crippen LogP contribution in [0.1, 0.15) is 44.9 Å². The predicted molar refractivity (Wildman–Crippen MR) is 69.5 cm³/mol. The van der Waals surface area contributed by atoms with E-state index in [-0.39, 0.29) is 30.7 Å². The Bertz CT molecular complexity index is 327. The maximum atomic E-state index is 11.3. The lowest BCUT2D eigenvalue weighted by atomic mass is 10.2. The lowest BCUT2D eigenvalue weighted by Gasteiger charge is -2.05. The Balaban J connectivity index is 1.85.